The molecule has 0 aliphatic rings. The van der Waals surface area contributed by atoms with Gasteiger partial charge in [-0.05, 0) is 24.1 Å². The van der Waals surface area contributed by atoms with Gasteiger partial charge >= 0.3 is 6.18 Å². The normalized spacial score (nSPS) is 13.2. The quantitative estimate of drug-likeness (QED) is 0.909. The molecule has 2 rings (SSSR count). The lowest BCUT2D eigenvalue weighted by molar-refractivity contribution is -0.137. The molecule has 0 radical (unpaired) electrons. The number of H-pyrrole nitrogens is 1. The molecule has 1 heterocycles. The zero-order valence-corrected chi connectivity index (χ0v) is 12.3. The van der Waals surface area contributed by atoms with Crippen LogP contribution in [-0.4, -0.2) is 19.9 Å². The van der Waals surface area contributed by atoms with Crippen molar-refractivity contribution < 1.29 is 21.6 Å². The first kappa shape index (κ1) is 15.8. The Hall–Kier alpha value is -1.54. The molecule has 0 aliphatic heterocycles. The molecule has 0 spiro atoms. The third-order valence-electron chi connectivity index (χ3n) is 2.93. The summed E-state index contributed by atoms with van der Waals surface area (Å²) in [6.07, 6.45) is -3.20. The second-order valence-electron chi connectivity index (χ2n) is 5.16. The van der Waals surface area contributed by atoms with Crippen molar-refractivity contribution in [3.8, 4) is 0 Å². The lowest BCUT2D eigenvalue weighted by atomic mass is 10.1. The number of aromatic nitrogens is 1. The summed E-state index contributed by atoms with van der Waals surface area (Å²) in [5.74, 6) is 0.0484. The molecule has 0 fully saturated rings. The molecule has 0 amide bonds. The van der Waals surface area contributed by atoms with Crippen LogP contribution >= 0.6 is 0 Å². The number of halogens is 3. The van der Waals surface area contributed by atoms with Gasteiger partial charge in [-0.1, -0.05) is 13.8 Å². The molecule has 4 nitrogen and oxygen atoms in total. The number of rotatable bonds is 4. The van der Waals surface area contributed by atoms with E-state index in [2.05, 4.69) is 9.71 Å². The third-order valence-corrected chi connectivity index (χ3v) is 4.39. The second-order valence-corrected chi connectivity index (χ2v) is 6.89. The predicted molar refractivity (Wildman–Crippen MR) is 73.3 cm³/mol. The molecule has 2 N–H and O–H groups in total. The molecule has 0 bridgehead atoms. The van der Waals surface area contributed by atoms with E-state index in [4.69, 9.17) is 0 Å². The van der Waals surface area contributed by atoms with Crippen LogP contribution in [0.3, 0.4) is 0 Å². The van der Waals surface area contributed by atoms with Crippen LogP contribution in [-0.2, 0) is 16.2 Å². The van der Waals surface area contributed by atoms with Crippen LogP contribution in [0.15, 0.2) is 29.3 Å². The predicted octanol–water partition coefficient (Wildman–Crippen LogP) is 3.12. The van der Waals surface area contributed by atoms with Gasteiger partial charge < -0.3 is 4.98 Å². The van der Waals surface area contributed by atoms with Crippen molar-refractivity contribution in [2.45, 2.75) is 24.9 Å². The molecule has 0 atom stereocenters. The summed E-state index contributed by atoms with van der Waals surface area (Å²) in [4.78, 5) is 2.25. The van der Waals surface area contributed by atoms with Gasteiger partial charge in [-0.25, -0.2) is 13.1 Å². The van der Waals surface area contributed by atoms with Gasteiger partial charge in [0.2, 0.25) is 10.0 Å². The van der Waals surface area contributed by atoms with Crippen molar-refractivity contribution in [1.82, 2.24) is 9.71 Å². The Labute approximate surface area is 120 Å². The van der Waals surface area contributed by atoms with Gasteiger partial charge in [0, 0.05) is 23.6 Å². The number of alkyl halides is 3. The van der Waals surface area contributed by atoms with E-state index < -0.39 is 21.8 Å². The van der Waals surface area contributed by atoms with Crippen molar-refractivity contribution in [3.63, 3.8) is 0 Å². The molecule has 0 saturated carbocycles. The largest absolute Gasteiger partial charge is 0.416 e. The highest BCUT2D eigenvalue weighted by atomic mass is 32.2. The average Bonchev–Trinajstić information content (AvgIpc) is 2.82. The van der Waals surface area contributed by atoms with Gasteiger partial charge in [0.05, 0.1) is 10.5 Å². The summed E-state index contributed by atoms with van der Waals surface area (Å²) < 4.78 is 65.4. The lowest BCUT2D eigenvalue weighted by Gasteiger charge is -2.13. The Morgan fingerprint density at radius 2 is 1.95 bits per heavy atom. The summed E-state index contributed by atoms with van der Waals surface area (Å²) in [7, 11) is -4.00. The van der Waals surface area contributed by atoms with E-state index in [9.17, 15) is 21.6 Å². The van der Waals surface area contributed by atoms with Crippen molar-refractivity contribution in [1.29, 1.82) is 0 Å². The van der Waals surface area contributed by atoms with Crippen molar-refractivity contribution in [2.24, 2.45) is 5.92 Å². The smallest absolute Gasteiger partial charge is 0.361 e. The van der Waals surface area contributed by atoms with Gasteiger partial charge in [-0.2, -0.15) is 13.2 Å². The lowest BCUT2D eigenvalue weighted by Crippen LogP contribution is -2.28. The van der Waals surface area contributed by atoms with Gasteiger partial charge in [0.1, 0.15) is 0 Å². The van der Waals surface area contributed by atoms with Crippen molar-refractivity contribution in [3.05, 3.63) is 30.0 Å². The first-order chi connectivity index (χ1) is 9.61. The molecule has 0 unspecified atom stereocenters. The Morgan fingerprint density at radius 3 is 2.52 bits per heavy atom. The molecule has 1 aromatic heterocycles. The number of hydrogen-bond donors (Lipinski definition) is 2. The fraction of sp³-hybridized carbons (Fsp3) is 0.385. The molecule has 8 heteroatoms. The molecule has 1 aromatic carbocycles. The summed E-state index contributed by atoms with van der Waals surface area (Å²) in [5, 5.41) is 0.235. The maximum atomic E-state index is 12.9. The van der Waals surface area contributed by atoms with Crippen LogP contribution in [0.4, 0.5) is 13.2 Å². The summed E-state index contributed by atoms with van der Waals surface area (Å²) in [6.45, 7) is 3.77. The molecular weight excluding hydrogens is 305 g/mol. The van der Waals surface area contributed by atoms with Crippen LogP contribution in [0.2, 0.25) is 0 Å². The van der Waals surface area contributed by atoms with Gasteiger partial charge in [-0.15, -0.1) is 0 Å². The fourth-order valence-electron chi connectivity index (χ4n) is 1.87. The van der Waals surface area contributed by atoms with E-state index >= 15 is 0 Å². The molecule has 21 heavy (non-hydrogen) atoms. The SMILES string of the molecule is CC(C)CNS(=O)(=O)c1cc(C(F)(F)F)cc2[nH]ccc12. The summed E-state index contributed by atoms with van der Waals surface area (Å²) in [5.41, 5.74) is -0.864. The highest BCUT2D eigenvalue weighted by Crippen LogP contribution is 2.34. The van der Waals surface area contributed by atoms with Crippen molar-refractivity contribution in [2.75, 3.05) is 6.54 Å². The Morgan fingerprint density at radius 1 is 1.29 bits per heavy atom. The van der Waals surface area contributed by atoms with E-state index in [0.717, 1.165) is 6.07 Å². The third kappa shape index (κ3) is 3.38. The first-order valence-corrected chi connectivity index (χ1v) is 7.77. The fourth-order valence-corrected chi connectivity index (χ4v) is 3.33. The number of sulfonamides is 1. The molecule has 0 saturated heterocycles. The Kier molecular flexibility index (Phi) is 4.03. The maximum Gasteiger partial charge on any atom is 0.416 e. The van der Waals surface area contributed by atoms with E-state index in [1.165, 1.54) is 12.3 Å². The van der Waals surface area contributed by atoms with Crippen LogP contribution in [0.25, 0.3) is 10.9 Å². The average molecular weight is 320 g/mol. The zero-order chi connectivity index (χ0) is 15.8. The first-order valence-electron chi connectivity index (χ1n) is 6.29. The van der Waals surface area contributed by atoms with Crippen LogP contribution in [0, 0.1) is 5.92 Å². The maximum absolute atomic E-state index is 12.9. The topological polar surface area (TPSA) is 62.0 Å². The van der Waals surface area contributed by atoms with Crippen LogP contribution < -0.4 is 4.72 Å². The van der Waals surface area contributed by atoms with Crippen LogP contribution in [0.1, 0.15) is 19.4 Å². The minimum absolute atomic E-state index is 0.0484. The van der Waals surface area contributed by atoms with E-state index in [-0.39, 0.29) is 28.3 Å². The minimum atomic E-state index is -4.61. The standard InChI is InChI=1S/C13H15F3N2O2S/c1-8(2)7-18-21(19,20)12-6-9(13(14,15)16)5-11-10(12)3-4-17-11/h3-6,8,17-18H,7H2,1-2H3. The zero-order valence-electron chi connectivity index (χ0n) is 11.5. The molecule has 0 aliphatic carbocycles. The molecule has 116 valence electrons. The molecular formula is C13H15F3N2O2S. The summed E-state index contributed by atoms with van der Waals surface area (Å²) >= 11 is 0. The molecule has 2 aromatic rings. The highest BCUT2D eigenvalue weighted by Gasteiger charge is 2.33. The van der Waals surface area contributed by atoms with E-state index in [1.54, 1.807) is 13.8 Å². The van der Waals surface area contributed by atoms with E-state index in [0.29, 0.717) is 6.07 Å². The number of fused-ring (bicyclic) bond motifs is 1. The number of aromatic amines is 1. The number of hydrogen-bond acceptors (Lipinski definition) is 2. The number of benzene rings is 1. The van der Waals surface area contributed by atoms with E-state index in [1.807, 2.05) is 0 Å². The van der Waals surface area contributed by atoms with Gasteiger partial charge in [0.15, 0.2) is 0 Å². The van der Waals surface area contributed by atoms with Crippen molar-refractivity contribution >= 4 is 20.9 Å². The monoisotopic (exact) mass is 320 g/mol. The summed E-state index contributed by atoms with van der Waals surface area (Å²) in [6, 6.07) is 3.01. The number of nitrogens with one attached hydrogen (secondary N) is 2. The van der Waals surface area contributed by atoms with Gasteiger partial charge in [-0.3, -0.25) is 0 Å². The minimum Gasteiger partial charge on any atom is -0.361 e. The van der Waals surface area contributed by atoms with Gasteiger partial charge in [0.25, 0.3) is 0 Å². The highest BCUT2D eigenvalue weighted by molar-refractivity contribution is 7.89. The second kappa shape index (κ2) is 5.34. The Balaban J connectivity index is 2.59. The Bertz CT molecular complexity index is 748. The van der Waals surface area contributed by atoms with Crippen LogP contribution in [0.5, 0.6) is 0 Å².